The van der Waals surface area contributed by atoms with Crippen molar-refractivity contribution in [3.05, 3.63) is 0 Å². The zero-order valence-electron chi connectivity index (χ0n) is 5.39. The Morgan fingerprint density at radius 2 is 2.12 bits per heavy atom. The number of hydrogen-bond acceptors (Lipinski definition) is 3. The van der Waals surface area contributed by atoms with E-state index in [4.69, 9.17) is 0 Å². The number of likely N-dealkylation sites (N-methyl/N-ethyl adjacent to an activating group) is 1. The number of hydrogen-bond donors (Lipinski definition) is 1. The number of rotatable bonds is 2. The normalized spacial score (nSPS) is 11.8. The minimum Gasteiger partial charge on any atom is -0.548 e. The molecule has 1 unspecified atom stereocenters. The van der Waals surface area contributed by atoms with Crippen LogP contribution in [0.25, 0.3) is 0 Å². The molecule has 0 fully saturated rings. The van der Waals surface area contributed by atoms with E-state index in [0.717, 1.165) is 0 Å². The summed E-state index contributed by atoms with van der Waals surface area (Å²) in [7, 11) is 1.57. The van der Waals surface area contributed by atoms with Gasteiger partial charge in [-0.15, -0.1) is 0 Å². The molecular formula is C4H8KNO2. The molecular weight excluding hydrogens is 133 g/mol. The first-order valence-corrected chi connectivity index (χ1v) is 2.06. The van der Waals surface area contributed by atoms with Gasteiger partial charge in [-0.2, -0.15) is 0 Å². The summed E-state index contributed by atoms with van der Waals surface area (Å²) in [6, 6.07) is -0.542. The maximum Gasteiger partial charge on any atom is 1.00 e. The molecule has 0 heterocycles. The second-order valence-electron chi connectivity index (χ2n) is 1.33. The van der Waals surface area contributed by atoms with Crippen molar-refractivity contribution in [1.82, 2.24) is 5.32 Å². The zero-order valence-corrected chi connectivity index (χ0v) is 8.52. The Kier molecular flexibility index (Phi) is 9.14. The van der Waals surface area contributed by atoms with Crippen molar-refractivity contribution in [2.75, 3.05) is 7.05 Å². The molecule has 0 aliphatic rings. The third-order valence-electron chi connectivity index (χ3n) is 0.787. The summed E-state index contributed by atoms with van der Waals surface area (Å²) in [6.07, 6.45) is 0. The number of aliphatic carboxylic acids is 1. The zero-order chi connectivity index (χ0) is 5.86. The van der Waals surface area contributed by atoms with E-state index >= 15 is 0 Å². The van der Waals surface area contributed by atoms with Crippen LogP contribution >= 0.6 is 0 Å². The van der Waals surface area contributed by atoms with Crippen LogP contribution in [0.1, 0.15) is 6.92 Å². The minimum atomic E-state index is -1.07. The van der Waals surface area contributed by atoms with Crippen LogP contribution in [0, 0.1) is 0 Å². The number of carboxylic acids is 1. The summed E-state index contributed by atoms with van der Waals surface area (Å²) in [4.78, 5) is 9.76. The SMILES string of the molecule is CNC(C)C(=O)[O-].[K+]. The molecule has 0 aromatic heterocycles. The summed E-state index contributed by atoms with van der Waals surface area (Å²) in [5.41, 5.74) is 0. The molecule has 3 nitrogen and oxygen atoms in total. The fourth-order valence-electron chi connectivity index (χ4n) is 0.118. The van der Waals surface area contributed by atoms with Crippen molar-refractivity contribution in [3.63, 3.8) is 0 Å². The molecule has 1 N–H and O–H groups in total. The maximum absolute atomic E-state index is 9.76. The summed E-state index contributed by atoms with van der Waals surface area (Å²) in [5.74, 6) is -1.07. The van der Waals surface area contributed by atoms with E-state index in [2.05, 4.69) is 5.32 Å². The molecule has 1 atom stereocenters. The van der Waals surface area contributed by atoms with Crippen LogP contribution in [-0.4, -0.2) is 19.1 Å². The number of nitrogens with one attached hydrogen (secondary N) is 1. The van der Waals surface area contributed by atoms with Gasteiger partial charge in [0.2, 0.25) is 0 Å². The molecule has 0 amide bonds. The maximum atomic E-state index is 9.76. The van der Waals surface area contributed by atoms with Gasteiger partial charge in [-0.25, -0.2) is 0 Å². The molecule has 0 saturated heterocycles. The van der Waals surface area contributed by atoms with Crippen LogP contribution in [-0.2, 0) is 4.79 Å². The van der Waals surface area contributed by atoms with Crippen LogP contribution < -0.4 is 61.8 Å². The molecule has 42 valence electrons. The van der Waals surface area contributed by atoms with Gasteiger partial charge in [-0.3, -0.25) is 0 Å². The van der Waals surface area contributed by atoms with Crippen LogP contribution in [0.3, 0.4) is 0 Å². The third-order valence-corrected chi connectivity index (χ3v) is 0.787. The number of carbonyl (C=O) groups excluding carboxylic acids is 1. The second-order valence-corrected chi connectivity index (χ2v) is 1.33. The Morgan fingerprint density at radius 3 is 2.12 bits per heavy atom. The molecule has 0 bridgehead atoms. The first-order valence-electron chi connectivity index (χ1n) is 2.06. The molecule has 0 aromatic rings. The predicted octanol–water partition coefficient (Wildman–Crippen LogP) is -4.65. The topological polar surface area (TPSA) is 52.2 Å². The van der Waals surface area contributed by atoms with Crippen LogP contribution in [0.4, 0.5) is 0 Å². The Balaban J connectivity index is 0. The third kappa shape index (κ3) is 5.21. The van der Waals surface area contributed by atoms with Crippen molar-refractivity contribution in [2.24, 2.45) is 0 Å². The quantitative estimate of drug-likeness (QED) is 0.393. The molecule has 4 heteroatoms. The van der Waals surface area contributed by atoms with E-state index in [1.165, 1.54) is 6.92 Å². The van der Waals surface area contributed by atoms with Crippen molar-refractivity contribution >= 4 is 5.97 Å². The van der Waals surface area contributed by atoms with Gasteiger partial charge in [0, 0.05) is 6.04 Å². The van der Waals surface area contributed by atoms with Crippen LogP contribution in [0.2, 0.25) is 0 Å². The summed E-state index contributed by atoms with van der Waals surface area (Å²) >= 11 is 0. The van der Waals surface area contributed by atoms with Crippen LogP contribution in [0.15, 0.2) is 0 Å². The van der Waals surface area contributed by atoms with Gasteiger partial charge in [0.1, 0.15) is 0 Å². The molecule has 0 aliphatic carbocycles. The van der Waals surface area contributed by atoms with Crippen molar-refractivity contribution in [3.8, 4) is 0 Å². The van der Waals surface area contributed by atoms with Gasteiger partial charge in [-0.05, 0) is 14.0 Å². The van der Waals surface area contributed by atoms with Crippen LogP contribution in [0.5, 0.6) is 0 Å². The largest absolute Gasteiger partial charge is 1.00 e. The molecule has 0 spiro atoms. The van der Waals surface area contributed by atoms with Gasteiger partial charge < -0.3 is 15.2 Å². The van der Waals surface area contributed by atoms with Gasteiger partial charge in [0.05, 0.1) is 5.97 Å². The summed E-state index contributed by atoms with van der Waals surface area (Å²) in [5, 5.41) is 12.3. The van der Waals surface area contributed by atoms with E-state index in [-0.39, 0.29) is 51.4 Å². The molecule has 0 radical (unpaired) electrons. The molecule has 0 rings (SSSR count). The molecule has 8 heavy (non-hydrogen) atoms. The monoisotopic (exact) mass is 141 g/mol. The van der Waals surface area contributed by atoms with Crippen molar-refractivity contribution in [2.45, 2.75) is 13.0 Å². The van der Waals surface area contributed by atoms with Gasteiger partial charge >= 0.3 is 51.4 Å². The number of carbonyl (C=O) groups is 1. The number of carboxylic acid groups (broad SMARTS) is 1. The van der Waals surface area contributed by atoms with Gasteiger partial charge in [0.15, 0.2) is 0 Å². The predicted molar refractivity (Wildman–Crippen MR) is 23.5 cm³/mol. The van der Waals surface area contributed by atoms with Crippen molar-refractivity contribution in [1.29, 1.82) is 0 Å². The smallest absolute Gasteiger partial charge is 0.548 e. The minimum absolute atomic E-state index is 0. The molecule has 0 aromatic carbocycles. The van der Waals surface area contributed by atoms with E-state index in [0.29, 0.717) is 0 Å². The average molecular weight is 141 g/mol. The van der Waals surface area contributed by atoms with Gasteiger partial charge in [-0.1, -0.05) is 0 Å². The van der Waals surface area contributed by atoms with Gasteiger partial charge in [0.25, 0.3) is 0 Å². The Labute approximate surface area is 91.3 Å². The Bertz CT molecular complexity index is 76.4. The Morgan fingerprint density at radius 1 is 1.75 bits per heavy atom. The standard InChI is InChI=1S/C4H9NO2.K/c1-3(5-2)4(6)7;/h3,5H,1-2H3,(H,6,7);/q;+1/p-1. The summed E-state index contributed by atoms with van der Waals surface area (Å²) < 4.78 is 0. The summed E-state index contributed by atoms with van der Waals surface area (Å²) in [6.45, 7) is 1.52. The fraction of sp³-hybridized carbons (Fsp3) is 0.750. The van der Waals surface area contributed by atoms with E-state index in [9.17, 15) is 9.90 Å². The average Bonchev–Trinajstić information content (AvgIpc) is 1.65. The fourth-order valence-corrected chi connectivity index (χ4v) is 0.118. The van der Waals surface area contributed by atoms with E-state index in [1.807, 2.05) is 0 Å². The first kappa shape index (κ1) is 11.8. The van der Waals surface area contributed by atoms with E-state index < -0.39 is 12.0 Å². The second kappa shape index (κ2) is 6.19. The Hall–Kier alpha value is 1.07. The van der Waals surface area contributed by atoms with E-state index in [1.54, 1.807) is 7.05 Å². The molecule has 0 saturated carbocycles. The van der Waals surface area contributed by atoms with Crippen molar-refractivity contribution < 1.29 is 61.3 Å². The first-order chi connectivity index (χ1) is 3.18. The molecule has 0 aliphatic heterocycles.